The van der Waals surface area contributed by atoms with E-state index in [0.717, 1.165) is 31.3 Å². The number of ether oxygens (including phenoxy) is 1. The molecule has 0 amide bonds. The fourth-order valence-corrected chi connectivity index (χ4v) is 2.75. The lowest BCUT2D eigenvalue weighted by Gasteiger charge is -2.26. The fraction of sp³-hybridized carbons (Fsp3) is 0.611. The van der Waals surface area contributed by atoms with Gasteiger partial charge in [0.1, 0.15) is 11.9 Å². The van der Waals surface area contributed by atoms with Gasteiger partial charge in [0, 0.05) is 20.1 Å². The first-order chi connectivity index (χ1) is 11.3. The van der Waals surface area contributed by atoms with E-state index in [-0.39, 0.29) is 30.1 Å². The summed E-state index contributed by atoms with van der Waals surface area (Å²) in [7, 11) is 1.80. The number of halogens is 1. The predicted molar refractivity (Wildman–Crippen MR) is 112 cm³/mol. The summed E-state index contributed by atoms with van der Waals surface area (Å²) in [5.74, 6) is 1.74. The molecule has 0 aliphatic carbocycles. The summed E-state index contributed by atoms with van der Waals surface area (Å²) in [6.07, 6.45) is 4.13. The van der Waals surface area contributed by atoms with Crippen LogP contribution in [0.25, 0.3) is 0 Å². The van der Waals surface area contributed by atoms with E-state index in [1.165, 1.54) is 32.4 Å². The quantitative estimate of drug-likeness (QED) is 0.384. The minimum Gasteiger partial charge on any atom is -0.489 e. The molecule has 1 aromatic rings. The van der Waals surface area contributed by atoms with Crippen LogP contribution in [0, 0.1) is 0 Å². The van der Waals surface area contributed by atoms with Crippen molar-refractivity contribution in [3.8, 4) is 5.75 Å². The average molecular weight is 446 g/mol. The van der Waals surface area contributed by atoms with Gasteiger partial charge in [-0.05, 0) is 45.0 Å². The van der Waals surface area contributed by atoms with Crippen LogP contribution in [0.5, 0.6) is 5.75 Å². The van der Waals surface area contributed by atoms with Crippen LogP contribution in [0.15, 0.2) is 35.3 Å². The number of rotatable bonds is 7. The number of likely N-dealkylation sites (tertiary alicyclic amines) is 1. The summed E-state index contributed by atoms with van der Waals surface area (Å²) in [5.41, 5.74) is 0. The third-order valence-electron chi connectivity index (χ3n) is 4.03. The smallest absolute Gasteiger partial charge is 0.191 e. The van der Waals surface area contributed by atoms with Crippen LogP contribution in [0.1, 0.15) is 26.2 Å². The lowest BCUT2D eigenvalue weighted by Crippen LogP contribution is -2.45. The van der Waals surface area contributed by atoms with Crippen molar-refractivity contribution in [1.29, 1.82) is 0 Å². The monoisotopic (exact) mass is 446 g/mol. The summed E-state index contributed by atoms with van der Waals surface area (Å²) in [6.45, 7) is 7.25. The van der Waals surface area contributed by atoms with Gasteiger partial charge in [0.25, 0.3) is 0 Å². The molecule has 6 heteroatoms. The van der Waals surface area contributed by atoms with Crippen molar-refractivity contribution >= 4 is 29.9 Å². The first-order valence-electron chi connectivity index (χ1n) is 8.66. The molecule has 5 nitrogen and oxygen atoms in total. The van der Waals surface area contributed by atoms with Gasteiger partial charge in [-0.1, -0.05) is 24.6 Å². The molecule has 24 heavy (non-hydrogen) atoms. The molecule has 1 saturated heterocycles. The first-order valence-corrected chi connectivity index (χ1v) is 8.66. The molecule has 0 spiro atoms. The van der Waals surface area contributed by atoms with Crippen molar-refractivity contribution in [2.45, 2.75) is 32.3 Å². The Morgan fingerprint density at radius 1 is 1.17 bits per heavy atom. The van der Waals surface area contributed by atoms with Gasteiger partial charge in [-0.15, -0.1) is 24.0 Å². The number of guanidine groups is 1. The van der Waals surface area contributed by atoms with Gasteiger partial charge in [0.05, 0.1) is 6.54 Å². The van der Waals surface area contributed by atoms with Crippen molar-refractivity contribution in [3.63, 3.8) is 0 Å². The lowest BCUT2D eigenvalue weighted by molar-refractivity contribution is 0.223. The van der Waals surface area contributed by atoms with E-state index in [9.17, 15) is 0 Å². The number of benzene rings is 1. The molecule has 0 radical (unpaired) electrons. The van der Waals surface area contributed by atoms with Crippen LogP contribution in [-0.4, -0.2) is 56.7 Å². The molecule has 1 aliphatic rings. The zero-order valence-corrected chi connectivity index (χ0v) is 17.2. The molecule has 136 valence electrons. The summed E-state index contributed by atoms with van der Waals surface area (Å²) in [6, 6.07) is 9.90. The largest absolute Gasteiger partial charge is 0.489 e. The Morgan fingerprint density at radius 3 is 2.54 bits per heavy atom. The van der Waals surface area contributed by atoms with Crippen LogP contribution in [-0.2, 0) is 0 Å². The number of nitrogens with one attached hydrogen (secondary N) is 2. The third-order valence-corrected chi connectivity index (χ3v) is 4.03. The second kappa shape index (κ2) is 12.4. The molecule has 1 aromatic carbocycles. The number of aliphatic imine (C=N–C) groups is 1. The van der Waals surface area contributed by atoms with Gasteiger partial charge < -0.3 is 20.3 Å². The maximum absolute atomic E-state index is 5.86. The van der Waals surface area contributed by atoms with Crippen molar-refractivity contribution < 1.29 is 4.74 Å². The number of hydrogen-bond acceptors (Lipinski definition) is 3. The highest BCUT2D eigenvalue weighted by molar-refractivity contribution is 14.0. The van der Waals surface area contributed by atoms with E-state index in [1.807, 2.05) is 30.3 Å². The summed E-state index contributed by atoms with van der Waals surface area (Å²) in [4.78, 5) is 6.79. The average Bonchev–Trinajstić information content (AvgIpc) is 2.59. The van der Waals surface area contributed by atoms with Gasteiger partial charge in [-0.25, -0.2) is 0 Å². The number of hydrogen-bond donors (Lipinski definition) is 2. The maximum Gasteiger partial charge on any atom is 0.191 e. The molecular formula is C18H31IN4O. The van der Waals surface area contributed by atoms with E-state index < -0.39 is 0 Å². The molecule has 1 unspecified atom stereocenters. The minimum atomic E-state index is 0. The van der Waals surface area contributed by atoms with Crippen molar-refractivity contribution in [2.24, 2.45) is 4.99 Å². The Balaban J connectivity index is 0.00000288. The van der Waals surface area contributed by atoms with Crippen molar-refractivity contribution in [1.82, 2.24) is 15.5 Å². The fourth-order valence-electron chi connectivity index (χ4n) is 2.75. The minimum absolute atomic E-state index is 0. The van der Waals surface area contributed by atoms with Gasteiger partial charge in [0.15, 0.2) is 5.96 Å². The first kappa shape index (κ1) is 21.0. The van der Waals surface area contributed by atoms with E-state index >= 15 is 0 Å². The zero-order chi connectivity index (χ0) is 16.3. The second-order valence-electron chi connectivity index (χ2n) is 6.02. The molecule has 1 atom stereocenters. The van der Waals surface area contributed by atoms with Crippen LogP contribution in [0.3, 0.4) is 0 Å². The Bertz CT molecular complexity index is 463. The molecule has 1 heterocycles. The maximum atomic E-state index is 5.86. The molecule has 0 bridgehead atoms. The topological polar surface area (TPSA) is 48.9 Å². The summed E-state index contributed by atoms with van der Waals surface area (Å²) >= 11 is 0. The third kappa shape index (κ3) is 8.19. The zero-order valence-electron chi connectivity index (χ0n) is 14.8. The number of piperidine rings is 1. The van der Waals surface area contributed by atoms with E-state index in [2.05, 4.69) is 27.4 Å². The van der Waals surface area contributed by atoms with Gasteiger partial charge in [-0.3, -0.25) is 4.99 Å². The second-order valence-corrected chi connectivity index (χ2v) is 6.02. The summed E-state index contributed by atoms with van der Waals surface area (Å²) in [5, 5.41) is 6.70. The highest BCUT2D eigenvalue weighted by Crippen LogP contribution is 2.10. The molecule has 0 aromatic heterocycles. The lowest BCUT2D eigenvalue weighted by atomic mass is 10.1. The predicted octanol–water partition coefficient (Wildman–Crippen LogP) is 2.72. The summed E-state index contributed by atoms with van der Waals surface area (Å²) < 4.78 is 5.86. The molecule has 0 saturated carbocycles. The van der Waals surface area contributed by atoms with E-state index in [0.29, 0.717) is 0 Å². The molecular weight excluding hydrogens is 415 g/mol. The molecule has 2 N–H and O–H groups in total. The van der Waals surface area contributed by atoms with Crippen molar-refractivity contribution in [2.75, 3.05) is 39.8 Å². The Kier molecular flexibility index (Phi) is 10.8. The SMILES string of the molecule is CN=C(NCCN1CCCCC1)NCC(C)Oc1ccccc1.I. The normalized spacial score (nSPS) is 16.8. The van der Waals surface area contributed by atoms with Gasteiger partial charge >= 0.3 is 0 Å². The Morgan fingerprint density at radius 2 is 1.88 bits per heavy atom. The molecule has 2 rings (SSSR count). The van der Waals surface area contributed by atoms with Crippen LogP contribution in [0.4, 0.5) is 0 Å². The number of nitrogens with zero attached hydrogens (tertiary/aromatic N) is 2. The highest BCUT2D eigenvalue weighted by Gasteiger charge is 2.10. The Labute approximate surface area is 163 Å². The Hall–Kier alpha value is -1.02. The van der Waals surface area contributed by atoms with Crippen molar-refractivity contribution in [3.05, 3.63) is 30.3 Å². The van der Waals surface area contributed by atoms with Gasteiger partial charge in [-0.2, -0.15) is 0 Å². The molecule has 1 fully saturated rings. The number of para-hydroxylation sites is 1. The highest BCUT2D eigenvalue weighted by atomic mass is 127. The van der Waals surface area contributed by atoms with Crippen LogP contribution in [0.2, 0.25) is 0 Å². The standard InChI is InChI=1S/C18H30N4O.HI/c1-16(23-17-9-5-3-6-10-17)15-21-18(19-2)20-11-14-22-12-7-4-8-13-22;/h3,5-6,9-10,16H,4,7-8,11-15H2,1-2H3,(H2,19,20,21);1H. The van der Waals surface area contributed by atoms with E-state index in [1.54, 1.807) is 7.05 Å². The van der Waals surface area contributed by atoms with Crippen LogP contribution < -0.4 is 15.4 Å². The molecule has 1 aliphatic heterocycles. The van der Waals surface area contributed by atoms with Gasteiger partial charge in [0.2, 0.25) is 0 Å². The van der Waals surface area contributed by atoms with E-state index in [4.69, 9.17) is 4.74 Å². The van der Waals surface area contributed by atoms with Crippen LogP contribution >= 0.6 is 24.0 Å².